The maximum absolute atomic E-state index is 12.3. The summed E-state index contributed by atoms with van der Waals surface area (Å²) in [6.45, 7) is 0.793. The zero-order valence-electron chi connectivity index (χ0n) is 10.5. The molecule has 19 heavy (non-hydrogen) atoms. The van der Waals surface area contributed by atoms with Crippen LogP contribution in [0.25, 0.3) is 0 Å². The fourth-order valence-electron chi connectivity index (χ4n) is 3.44. The highest BCUT2D eigenvalue weighted by Gasteiger charge is 2.39. The molecule has 2 bridgehead atoms. The van der Waals surface area contributed by atoms with Crippen LogP contribution in [0.3, 0.4) is 0 Å². The van der Waals surface area contributed by atoms with Crippen molar-refractivity contribution in [3.63, 3.8) is 0 Å². The van der Waals surface area contributed by atoms with Crippen molar-refractivity contribution in [3.05, 3.63) is 17.8 Å². The summed E-state index contributed by atoms with van der Waals surface area (Å²) in [5.41, 5.74) is -0.946. The SMILES string of the molecule is FC(F)(F)c1ccc(NCC2CC3CCC2C3)nn1. The van der Waals surface area contributed by atoms with Gasteiger partial charge in [-0.3, -0.25) is 0 Å². The molecular formula is C13H16F3N3. The van der Waals surface area contributed by atoms with E-state index in [4.69, 9.17) is 0 Å². The molecule has 2 aliphatic carbocycles. The van der Waals surface area contributed by atoms with E-state index in [1.54, 1.807) is 0 Å². The number of alkyl halides is 3. The summed E-state index contributed by atoms with van der Waals surface area (Å²) in [5.74, 6) is 2.73. The molecule has 3 nitrogen and oxygen atoms in total. The van der Waals surface area contributed by atoms with Gasteiger partial charge in [-0.05, 0) is 49.1 Å². The average molecular weight is 271 g/mol. The van der Waals surface area contributed by atoms with Gasteiger partial charge in [-0.1, -0.05) is 6.42 Å². The minimum absolute atomic E-state index is 0.427. The van der Waals surface area contributed by atoms with Crippen LogP contribution >= 0.6 is 0 Å². The van der Waals surface area contributed by atoms with Gasteiger partial charge in [0.25, 0.3) is 0 Å². The molecule has 6 heteroatoms. The Labute approximate surface area is 109 Å². The van der Waals surface area contributed by atoms with Crippen LogP contribution < -0.4 is 5.32 Å². The lowest BCUT2D eigenvalue weighted by molar-refractivity contribution is -0.141. The molecule has 3 atom stereocenters. The van der Waals surface area contributed by atoms with E-state index >= 15 is 0 Å². The monoisotopic (exact) mass is 271 g/mol. The molecule has 0 aromatic carbocycles. The number of nitrogens with zero attached hydrogens (tertiary/aromatic N) is 2. The summed E-state index contributed by atoms with van der Waals surface area (Å²) in [7, 11) is 0. The van der Waals surface area contributed by atoms with E-state index < -0.39 is 11.9 Å². The lowest BCUT2D eigenvalue weighted by Gasteiger charge is -2.21. The van der Waals surface area contributed by atoms with Gasteiger partial charge in [0.1, 0.15) is 5.82 Å². The molecule has 0 saturated heterocycles. The second kappa shape index (κ2) is 4.65. The van der Waals surface area contributed by atoms with Crippen molar-refractivity contribution in [2.75, 3.05) is 11.9 Å². The lowest BCUT2D eigenvalue weighted by atomic mass is 9.89. The first kappa shape index (κ1) is 12.7. The molecule has 104 valence electrons. The molecule has 2 aliphatic rings. The maximum atomic E-state index is 12.3. The fourth-order valence-corrected chi connectivity index (χ4v) is 3.44. The Balaban J connectivity index is 1.56. The third kappa shape index (κ3) is 2.67. The van der Waals surface area contributed by atoms with E-state index in [2.05, 4.69) is 15.5 Å². The van der Waals surface area contributed by atoms with Gasteiger partial charge in [0.2, 0.25) is 0 Å². The van der Waals surface area contributed by atoms with Crippen LogP contribution in [0.1, 0.15) is 31.4 Å². The first-order chi connectivity index (χ1) is 9.02. The Bertz CT molecular complexity index is 443. The topological polar surface area (TPSA) is 37.8 Å². The molecule has 1 heterocycles. The summed E-state index contributed by atoms with van der Waals surface area (Å²) in [5, 5.41) is 9.90. The molecule has 0 radical (unpaired) electrons. The van der Waals surface area contributed by atoms with Gasteiger partial charge in [-0.2, -0.15) is 13.2 Å². The Kier molecular flexibility index (Phi) is 3.11. The van der Waals surface area contributed by atoms with Gasteiger partial charge in [-0.25, -0.2) is 0 Å². The van der Waals surface area contributed by atoms with E-state index in [0.29, 0.717) is 11.7 Å². The minimum atomic E-state index is -4.42. The van der Waals surface area contributed by atoms with Crippen molar-refractivity contribution < 1.29 is 13.2 Å². The first-order valence-corrected chi connectivity index (χ1v) is 6.67. The number of halogens is 3. The quantitative estimate of drug-likeness (QED) is 0.916. The maximum Gasteiger partial charge on any atom is 0.435 e. The minimum Gasteiger partial charge on any atom is -0.368 e. The number of fused-ring (bicyclic) bond motifs is 2. The molecule has 2 saturated carbocycles. The standard InChI is InChI=1S/C13H16F3N3/c14-13(15,16)11-3-4-12(19-18-11)17-7-10-6-8-1-2-9(10)5-8/h3-4,8-10H,1-2,5-7H2,(H,17,19). The number of hydrogen-bond acceptors (Lipinski definition) is 3. The molecule has 3 rings (SSSR count). The smallest absolute Gasteiger partial charge is 0.368 e. The Morgan fingerprint density at radius 1 is 1.16 bits per heavy atom. The summed E-state index contributed by atoms with van der Waals surface area (Å²) in [4.78, 5) is 0. The van der Waals surface area contributed by atoms with Crippen molar-refractivity contribution in [1.82, 2.24) is 10.2 Å². The van der Waals surface area contributed by atoms with Gasteiger partial charge in [0.05, 0.1) is 0 Å². The predicted octanol–water partition coefficient (Wildman–Crippen LogP) is 3.34. The van der Waals surface area contributed by atoms with Gasteiger partial charge < -0.3 is 5.32 Å². The second-order valence-electron chi connectivity index (χ2n) is 5.62. The fraction of sp³-hybridized carbons (Fsp3) is 0.692. The average Bonchev–Trinajstić information content (AvgIpc) is 2.98. The zero-order chi connectivity index (χ0) is 13.5. The van der Waals surface area contributed by atoms with Crippen LogP contribution in [-0.4, -0.2) is 16.7 Å². The molecule has 3 unspecified atom stereocenters. The van der Waals surface area contributed by atoms with E-state index in [0.717, 1.165) is 24.4 Å². The van der Waals surface area contributed by atoms with Gasteiger partial charge >= 0.3 is 6.18 Å². The largest absolute Gasteiger partial charge is 0.435 e. The molecule has 0 spiro atoms. The molecule has 1 aromatic heterocycles. The van der Waals surface area contributed by atoms with Gasteiger partial charge in [-0.15, -0.1) is 10.2 Å². The van der Waals surface area contributed by atoms with E-state index in [9.17, 15) is 13.2 Å². The Morgan fingerprint density at radius 2 is 2.00 bits per heavy atom. The molecular weight excluding hydrogens is 255 g/mol. The number of nitrogens with one attached hydrogen (secondary N) is 1. The van der Waals surface area contributed by atoms with Crippen LogP contribution in [0.15, 0.2) is 12.1 Å². The molecule has 1 N–H and O–H groups in total. The number of hydrogen-bond donors (Lipinski definition) is 1. The van der Waals surface area contributed by atoms with Crippen molar-refractivity contribution >= 4 is 5.82 Å². The predicted molar refractivity (Wildman–Crippen MR) is 64.5 cm³/mol. The third-order valence-corrected chi connectivity index (χ3v) is 4.38. The van der Waals surface area contributed by atoms with Crippen molar-refractivity contribution in [2.45, 2.75) is 31.9 Å². The molecule has 2 fully saturated rings. The molecule has 0 aliphatic heterocycles. The zero-order valence-corrected chi connectivity index (χ0v) is 10.5. The van der Waals surface area contributed by atoms with Crippen molar-refractivity contribution in [2.24, 2.45) is 17.8 Å². The summed E-state index contributed by atoms with van der Waals surface area (Å²) in [6.07, 6.45) is 0.795. The lowest BCUT2D eigenvalue weighted by Crippen LogP contribution is -2.21. The molecule has 0 amide bonds. The van der Waals surface area contributed by atoms with Crippen LogP contribution in [0, 0.1) is 17.8 Å². The third-order valence-electron chi connectivity index (χ3n) is 4.38. The van der Waals surface area contributed by atoms with E-state index in [1.807, 2.05) is 0 Å². The van der Waals surface area contributed by atoms with Crippen LogP contribution in [0.4, 0.5) is 19.0 Å². The number of aromatic nitrogens is 2. The molecule has 1 aromatic rings. The normalized spacial score (nSPS) is 29.7. The Hall–Kier alpha value is -1.33. The number of rotatable bonds is 3. The highest BCUT2D eigenvalue weighted by atomic mass is 19.4. The number of anilines is 1. The van der Waals surface area contributed by atoms with Gasteiger partial charge in [0.15, 0.2) is 5.69 Å². The van der Waals surface area contributed by atoms with Crippen molar-refractivity contribution in [1.29, 1.82) is 0 Å². The highest BCUT2D eigenvalue weighted by Crippen LogP contribution is 2.48. The summed E-state index contributed by atoms with van der Waals surface area (Å²) in [6, 6.07) is 2.32. The van der Waals surface area contributed by atoms with E-state index in [-0.39, 0.29) is 0 Å². The summed E-state index contributed by atoms with van der Waals surface area (Å²) < 4.78 is 37.0. The van der Waals surface area contributed by atoms with Gasteiger partial charge in [0, 0.05) is 6.54 Å². The van der Waals surface area contributed by atoms with Crippen LogP contribution in [0.5, 0.6) is 0 Å². The Morgan fingerprint density at radius 3 is 2.53 bits per heavy atom. The summed E-state index contributed by atoms with van der Waals surface area (Å²) >= 11 is 0. The van der Waals surface area contributed by atoms with Crippen LogP contribution in [-0.2, 0) is 6.18 Å². The second-order valence-corrected chi connectivity index (χ2v) is 5.62. The van der Waals surface area contributed by atoms with E-state index in [1.165, 1.54) is 31.7 Å². The first-order valence-electron chi connectivity index (χ1n) is 6.67. The van der Waals surface area contributed by atoms with Crippen LogP contribution in [0.2, 0.25) is 0 Å². The van der Waals surface area contributed by atoms with Crippen molar-refractivity contribution in [3.8, 4) is 0 Å². The highest BCUT2D eigenvalue weighted by molar-refractivity contribution is 5.33.